The van der Waals surface area contributed by atoms with Gasteiger partial charge < -0.3 is 4.40 Å². The Bertz CT molecular complexity index is 1430. The number of pyridine rings is 3. The summed E-state index contributed by atoms with van der Waals surface area (Å²) in [5.74, 6) is -5.32. The van der Waals surface area contributed by atoms with Crippen molar-refractivity contribution in [3.63, 3.8) is 0 Å². The Labute approximate surface area is 184 Å². The van der Waals surface area contributed by atoms with E-state index < -0.39 is 27.5 Å². The number of aromatic nitrogens is 4. The van der Waals surface area contributed by atoms with Gasteiger partial charge in [-0.15, -0.1) is 0 Å². The number of sulfone groups is 1. The van der Waals surface area contributed by atoms with Gasteiger partial charge in [0.15, 0.2) is 9.84 Å². The largest absolute Gasteiger partial charge is 0.458 e. The number of hydrogen-bond acceptors (Lipinski definition) is 5. The van der Waals surface area contributed by atoms with E-state index in [1.807, 2.05) is 0 Å². The molecule has 0 N–H and O–H groups in total. The zero-order chi connectivity index (χ0) is 24.0. The molecule has 4 heterocycles. The standard InChI is InChI=1S/C21H15F5N4O2S/c1-2-33(31,32)17-9-13(15-5-3-4-7-27-15)11-28-19(17)16-12-30-8-6-14(10-18(30)29-16)20(22,23)21(24,25)26/h3-12H,2H2,1H3. The van der Waals surface area contributed by atoms with Crippen molar-refractivity contribution in [2.24, 2.45) is 0 Å². The zero-order valence-corrected chi connectivity index (χ0v) is 17.7. The normalized spacial score (nSPS) is 12.9. The monoisotopic (exact) mass is 482 g/mol. The summed E-state index contributed by atoms with van der Waals surface area (Å²) < 4.78 is 92.4. The Morgan fingerprint density at radius 2 is 1.76 bits per heavy atom. The van der Waals surface area contributed by atoms with E-state index in [0.29, 0.717) is 23.4 Å². The van der Waals surface area contributed by atoms with Gasteiger partial charge in [0.2, 0.25) is 0 Å². The second kappa shape index (κ2) is 7.87. The second-order valence-electron chi connectivity index (χ2n) is 7.07. The van der Waals surface area contributed by atoms with Gasteiger partial charge in [-0.05, 0) is 30.3 Å². The molecule has 4 aromatic heterocycles. The van der Waals surface area contributed by atoms with Gasteiger partial charge >= 0.3 is 12.1 Å². The minimum Gasteiger partial charge on any atom is -0.306 e. The Hall–Kier alpha value is -3.41. The maximum Gasteiger partial charge on any atom is 0.458 e. The van der Waals surface area contributed by atoms with Crippen LogP contribution >= 0.6 is 0 Å². The van der Waals surface area contributed by atoms with E-state index >= 15 is 0 Å². The third kappa shape index (κ3) is 4.06. The van der Waals surface area contributed by atoms with Gasteiger partial charge in [-0.1, -0.05) is 13.0 Å². The van der Waals surface area contributed by atoms with E-state index in [1.165, 1.54) is 36.0 Å². The molecule has 0 fully saturated rings. The van der Waals surface area contributed by atoms with Crippen LogP contribution < -0.4 is 0 Å². The van der Waals surface area contributed by atoms with Crippen LogP contribution in [0.5, 0.6) is 0 Å². The molecule has 0 aliphatic carbocycles. The first-order valence-corrected chi connectivity index (χ1v) is 11.2. The minimum absolute atomic E-state index is 0.00192. The van der Waals surface area contributed by atoms with Crippen LogP contribution in [0.1, 0.15) is 12.5 Å². The van der Waals surface area contributed by atoms with Crippen LogP contribution in [0, 0.1) is 0 Å². The van der Waals surface area contributed by atoms with Gasteiger partial charge in [0.05, 0.1) is 16.3 Å². The number of rotatable bonds is 5. The average Bonchev–Trinajstić information content (AvgIpc) is 3.22. The highest BCUT2D eigenvalue weighted by Gasteiger charge is 2.58. The summed E-state index contributed by atoms with van der Waals surface area (Å²) in [6.07, 6.45) is -0.543. The summed E-state index contributed by atoms with van der Waals surface area (Å²) in [6, 6.07) is 7.71. The lowest BCUT2D eigenvalue weighted by atomic mass is 10.1. The van der Waals surface area contributed by atoms with Crippen LogP contribution in [0.25, 0.3) is 28.3 Å². The summed E-state index contributed by atoms with van der Waals surface area (Å²) in [7, 11) is -3.80. The topological polar surface area (TPSA) is 77.2 Å². The molecular formula is C21H15F5N4O2S. The van der Waals surface area contributed by atoms with Crippen LogP contribution in [-0.2, 0) is 15.8 Å². The Morgan fingerprint density at radius 1 is 1.00 bits per heavy atom. The number of imidazole rings is 1. The average molecular weight is 482 g/mol. The summed E-state index contributed by atoms with van der Waals surface area (Å²) in [5.41, 5.74) is -0.631. The van der Waals surface area contributed by atoms with Gasteiger partial charge in [0.25, 0.3) is 0 Å². The van der Waals surface area contributed by atoms with Crippen molar-refractivity contribution in [2.45, 2.75) is 23.9 Å². The summed E-state index contributed by atoms with van der Waals surface area (Å²) >= 11 is 0. The quantitative estimate of drug-likeness (QED) is 0.378. The Balaban J connectivity index is 1.87. The van der Waals surface area contributed by atoms with Gasteiger partial charge in [0.1, 0.15) is 17.0 Å². The minimum atomic E-state index is -5.77. The van der Waals surface area contributed by atoms with E-state index in [0.717, 1.165) is 6.20 Å². The fourth-order valence-electron chi connectivity index (χ4n) is 3.16. The van der Waals surface area contributed by atoms with Crippen molar-refractivity contribution in [3.05, 3.63) is 66.7 Å². The van der Waals surface area contributed by atoms with Crippen molar-refractivity contribution in [1.82, 2.24) is 19.4 Å². The third-order valence-electron chi connectivity index (χ3n) is 4.95. The molecule has 0 unspecified atom stereocenters. The lowest BCUT2D eigenvalue weighted by molar-refractivity contribution is -0.289. The molecule has 0 spiro atoms. The van der Waals surface area contributed by atoms with Crippen LogP contribution in [0.2, 0.25) is 0 Å². The molecule has 0 aliphatic rings. The highest BCUT2D eigenvalue weighted by atomic mass is 32.2. The van der Waals surface area contributed by atoms with Crippen molar-refractivity contribution in [2.75, 3.05) is 5.75 Å². The zero-order valence-electron chi connectivity index (χ0n) is 16.9. The summed E-state index contributed by atoms with van der Waals surface area (Å²) in [4.78, 5) is 12.3. The van der Waals surface area contributed by atoms with E-state index in [2.05, 4.69) is 15.0 Å². The molecule has 0 aliphatic heterocycles. The molecule has 0 saturated heterocycles. The highest BCUT2D eigenvalue weighted by Crippen LogP contribution is 2.44. The van der Waals surface area contributed by atoms with E-state index in [-0.39, 0.29) is 27.7 Å². The fraction of sp³-hybridized carbons (Fsp3) is 0.190. The Kier molecular flexibility index (Phi) is 5.43. The van der Waals surface area contributed by atoms with Crippen LogP contribution in [0.3, 0.4) is 0 Å². The molecule has 6 nitrogen and oxygen atoms in total. The smallest absolute Gasteiger partial charge is 0.306 e. The van der Waals surface area contributed by atoms with E-state index in [4.69, 9.17) is 0 Å². The van der Waals surface area contributed by atoms with Crippen molar-refractivity contribution >= 4 is 15.5 Å². The molecule has 4 aromatic rings. The summed E-state index contributed by atoms with van der Waals surface area (Å²) in [6.45, 7) is 1.45. The molecule has 0 amide bonds. The number of nitrogens with zero attached hydrogens (tertiary/aromatic N) is 4. The van der Waals surface area contributed by atoms with Crippen molar-refractivity contribution < 1.29 is 30.4 Å². The van der Waals surface area contributed by atoms with Crippen molar-refractivity contribution in [3.8, 4) is 22.6 Å². The molecule has 172 valence electrons. The predicted octanol–water partition coefficient (Wildman–Crippen LogP) is 4.91. The molecule has 33 heavy (non-hydrogen) atoms. The lowest BCUT2D eigenvalue weighted by Gasteiger charge is -2.19. The number of hydrogen-bond donors (Lipinski definition) is 0. The molecule has 0 atom stereocenters. The summed E-state index contributed by atoms with van der Waals surface area (Å²) in [5, 5.41) is 0. The molecule has 0 radical (unpaired) electrons. The number of alkyl halides is 5. The third-order valence-corrected chi connectivity index (χ3v) is 6.69. The first-order valence-electron chi connectivity index (χ1n) is 9.52. The van der Waals surface area contributed by atoms with Crippen LogP contribution in [-0.4, -0.2) is 39.7 Å². The molecule has 0 aromatic carbocycles. The van der Waals surface area contributed by atoms with Crippen molar-refractivity contribution in [1.29, 1.82) is 0 Å². The maximum absolute atomic E-state index is 13.7. The second-order valence-corrected chi connectivity index (χ2v) is 9.31. The highest BCUT2D eigenvalue weighted by molar-refractivity contribution is 7.91. The number of halogens is 5. The molecule has 0 saturated carbocycles. The molecular weight excluding hydrogens is 467 g/mol. The van der Waals surface area contributed by atoms with Crippen LogP contribution in [0.15, 0.2) is 66.1 Å². The van der Waals surface area contributed by atoms with E-state index in [9.17, 15) is 30.4 Å². The van der Waals surface area contributed by atoms with E-state index in [1.54, 1.807) is 18.2 Å². The first-order chi connectivity index (χ1) is 15.4. The SMILES string of the molecule is CCS(=O)(=O)c1cc(-c2ccccn2)cnc1-c1cn2ccc(C(F)(F)C(F)(F)F)cc2n1. The van der Waals surface area contributed by atoms with Gasteiger partial charge in [0, 0.05) is 35.9 Å². The predicted molar refractivity (Wildman–Crippen MR) is 109 cm³/mol. The van der Waals surface area contributed by atoms with Gasteiger partial charge in [-0.3, -0.25) is 9.97 Å². The molecule has 4 rings (SSSR count). The van der Waals surface area contributed by atoms with Gasteiger partial charge in [-0.2, -0.15) is 22.0 Å². The number of fused-ring (bicyclic) bond motifs is 1. The molecule has 0 bridgehead atoms. The van der Waals surface area contributed by atoms with Gasteiger partial charge in [-0.25, -0.2) is 13.4 Å². The first kappa shape index (κ1) is 22.8. The molecule has 12 heteroatoms. The maximum atomic E-state index is 13.7. The fourth-order valence-corrected chi connectivity index (χ4v) is 4.23. The lowest BCUT2D eigenvalue weighted by Crippen LogP contribution is -2.33. The Morgan fingerprint density at radius 3 is 2.39 bits per heavy atom. The van der Waals surface area contributed by atoms with Crippen LogP contribution in [0.4, 0.5) is 22.0 Å².